The lowest BCUT2D eigenvalue weighted by atomic mass is 10.3. The van der Waals surface area contributed by atoms with Gasteiger partial charge < -0.3 is 16.0 Å². The third-order valence-corrected chi connectivity index (χ3v) is 3.48. The van der Waals surface area contributed by atoms with Crippen LogP contribution in [-0.2, 0) is 0 Å². The van der Waals surface area contributed by atoms with Crippen LogP contribution in [0.25, 0.3) is 5.69 Å². The third-order valence-electron chi connectivity index (χ3n) is 3.48. The van der Waals surface area contributed by atoms with Crippen LogP contribution in [0.2, 0.25) is 0 Å². The molecular weight excluding hydrogens is 352 g/mol. The number of hydrogen-bond acceptors (Lipinski definition) is 7. The van der Waals surface area contributed by atoms with Crippen molar-refractivity contribution in [3.05, 3.63) is 64.7 Å². The highest BCUT2D eigenvalue weighted by molar-refractivity contribution is 5.89. The van der Waals surface area contributed by atoms with Crippen LogP contribution >= 0.6 is 0 Å². The van der Waals surface area contributed by atoms with Gasteiger partial charge in [-0.25, -0.2) is 4.79 Å². The van der Waals surface area contributed by atoms with Crippen molar-refractivity contribution >= 4 is 23.4 Å². The molecule has 2 amide bonds. The number of benzene rings is 2. The smallest absolute Gasteiger partial charge is 0.319 e. The molecule has 3 N–H and O–H groups in total. The predicted molar refractivity (Wildman–Crippen MR) is 97.8 cm³/mol. The van der Waals surface area contributed by atoms with E-state index in [4.69, 9.17) is 0 Å². The second kappa shape index (κ2) is 8.38. The van der Waals surface area contributed by atoms with Crippen molar-refractivity contribution in [3.8, 4) is 5.69 Å². The number of rotatable bonds is 7. The van der Waals surface area contributed by atoms with Crippen LogP contribution in [0.1, 0.15) is 0 Å². The number of carbonyl (C=O) groups is 1. The van der Waals surface area contributed by atoms with E-state index >= 15 is 0 Å². The molecule has 1 heterocycles. The molecule has 0 aliphatic heterocycles. The van der Waals surface area contributed by atoms with Crippen LogP contribution in [0.3, 0.4) is 0 Å². The minimum Gasteiger partial charge on any atom is -0.351 e. The molecule has 3 rings (SSSR count). The Morgan fingerprint density at radius 2 is 1.93 bits per heavy atom. The molecule has 1 aromatic heterocycles. The summed E-state index contributed by atoms with van der Waals surface area (Å²) in [5.41, 5.74) is 1.05. The lowest BCUT2D eigenvalue weighted by molar-refractivity contribution is -0.384. The predicted octanol–water partition coefficient (Wildman–Crippen LogP) is 1.80. The summed E-state index contributed by atoms with van der Waals surface area (Å²) in [6.07, 6.45) is 0. The van der Waals surface area contributed by atoms with Crippen LogP contribution in [0, 0.1) is 10.1 Å². The second-order valence-electron chi connectivity index (χ2n) is 5.36. The average Bonchev–Trinajstić information content (AvgIpc) is 3.14. The van der Waals surface area contributed by atoms with Gasteiger partial charge in [0, 0.05) is 30.9 Å². The Morgan fingerprint density at radius 1 is 1.11 bits per heavy atom. The molecule has 11 heteroatoms. The molecule has 3 aromatic rings. The Morgan fingerprint density at radius 3 is 2.70 bits per heavy atom. The van der Waals surface area contributed by atoms with Crippen molar-refractivity contribution in [1.82, 2.24) is 25.5 Å². The molecule has 0 aliphatic carbocycles. The lowest BCUT2D eigenvalue weighted by Crippen LogP contribution is -2.33. The maximum atomic E-state index is 11.9. The van der Waals surface area contributed by atoms with Gasteiger partial charge in [0.15, 0.2) is 0 Å². The van der Waals surface area contributed by atoms with Crippen molar-refractivity contribution in [2.24, 2.45) is 0 Å². The standard InChI is InChI=1S/C16H16N8O3/c25-16(19-12-5-4-8-14(11-12)24(26)27)18-10-9-17-15-20-21-22-23(15)13-6-2-1-3-7-13/h1-8,11H,9-10H2,(H,17,20,22)(H2,18,19,25). The average molecular weight is 368 g/mol. The molecule has 0 spiro atoms. The zero-order chi connectivity index (χ0) is 19.1. The number of tetrazole rings is 1. The van der Waals surface area contributed by atoms with E-state index in [0.717, 1.165) is 5.69 Å². The van der Waals surface area contributed by atoms with E-state index in [0.29, 0.717) is 24.7 Å². The Bertz CT molecular complexity index is 928. The summed E-state index contributed by atoms with van der Waals surface area (Å²) in [6, 6.07) is 14.6. The Balaban J connectivity index is 1.47. The maximum Gasteiger partial charge on any atom is 0.319 e. The monoisotopic (exact) mass is 368 g/mol. The number of nitro groups is 1. The van der Waals surface area contributed by atoms with Crippen molar-refractivity contribution < 1.29 is 9.72 Å². The molecule has 138 valence electrons. The van der Waals surface area contributed by atoms with Gasteiger partial charge in [0.1, 0.15) is 0 Å². The number of aromatic nitrogens is 4. The van der Waals surface area contributed by atoms with Gasteiger partial charge in [0.05, 0.1) is 10.6 Å². The minimum absolute atomic E-state index is 0.0952. The van der Waals surface area contributed by atoms with Gasteiger partial charge in [-0.1, -0.05) is 29.4 Å². The third kappa shape index (κ3) is 4.75. The fourth-order valence-corrected chi connectivity index (χ4v) is 2.26. The Hall–Kier alpha value is -4.02. The number of nitro benzene ring substituents is 1. The van der Waals surface area contributed by atoms with Crippen LogP contribution in [0.5, 0.6) is 0 Å². The first kappa shape index (κ1) is 17.8. The molecule has 2 aromatic carbocycles. The highest BCUT2D eigenvalue weighted by atomic mass is 16.6. The number of carbonyl (C=O) groups excluding carboxylic acids is 1. The van der Waals surface area contributed by atoms with Gasteiger partial charge in [-0.3, -0.25) is 10.1 Å². The number of para-hydroxylation sites is 1. The van der Waals surface area contributed by atoms with Crippen molar-refractivity contribution in [1.29, 1.82) is 0 Å². The van der Waals surface area contributed by atoms with Crippen molar-refractivity contribution in [3.63, 3.8) is 0 Å². The number of nitrogens with one attached hydrogen (secondary N) is 3. The van der Waals surface area contributed by atoms with E-state index in [2.05, 4.69) is 31.5 Å². The highest BCUT2D eigenvalue weighted by Gasteiger charge is 2.09. The van der Waals surface area contributed by atoms with E-state index in [1.165, 1.54) is 18.2 Å². The molecule has 0 bridgehead atoms. The van der Waals surface area contributed by atoms with Gasteiger partial charge in [-0.05, 0) is 28.6 Å². The first-order chi connectivity index (χ1) is 13.1. The molecule has 0 atom stereocenters. The minimum atomic E-state index is -0.524. The molecular formula is C16H16N8O3. The number of hydrogen-bond donors (Lipinski definition) is 3. The van der Waals surface area contributed by atoms with Gasteiger partial charge >= 0.3 is 6.03 Å². The molecule has 0 unspecified atom stereocenters. The van der Waals surface area contributed by atoms with E-state index in [1.807, 2.05) is 30.3 Å². The van der Waals surface area contributed by atoms with Crippen LogP contribution in [-0.4, -0.2) is 44.3 Å². The molecule has 27 heavy (non-hydrogen) atoms. The summed E-state index contributed by atoms with van der Waals surface area (Å²) in [5, 5.41) is 30.4. The molecule has 0 aliphatic rings. The zero-order valence-electron chi connectivity index (χ0n) is 14.1. The summed E-state index contributed by atoms with van der Waals surface area (Å²) in [4.78, 5) is 22.1. The second-order valence-corrected chi connectivity index (χ2v) is 5.36. The lowest BCUT2D eigenvalue weighted by Gasteiger charge is -2.09. The van der Waals surface area contributed by atoms with Crippen molar-refractivity contribution in [2.45, 2.75) is 0 Å². The first-order valence-corrected chi connectivity index (χ1v) is 8.00. The summed E-state index contributed by atoms with van der Waals surface area (Å²) >= 11 is 0. The first-order valence-electron chi connectivity index (χ1n) is 8.00. The number of nitrogens with zero attached hydrogens (tertiary/aromatic N) is 5. The van der Waals surface area contributed by atoms with Gasteiger partial charge in [-0.2, -0.15) is 4.68 Å². The molecule has 11 nitrogen and oxygen atoms in total. The topological polar surface area (TPSA) is 140 Å². The number of amides is 2. The van der Waals surface area contributed by atoms with Gasteiger partial charge in [-0.15, -0.1) is 0 Å². The number of non-ortho nitro benzene ring substituents is 1. The zero-order valence-corrected chi connectivity index (χ0v) is 14.1. The summed E-state index contributed by atoms with van der Waals surface area (Å²) < 4.78 is 1.54. The summed E-state index contributed by atoms with van der Waals surface area (Å²) in [7, 11) is 0. The molecule has 0 saturated carbocycles. The largest absolute Gasteiger partial charge is 0.351 e. The Labute approximate surface area is 153 Å². The van der Waals surface area contributed by atoms with E-state index < -0.39 is 11.0 Å². The summed E-state index contributed by atoms with van der Waals surface area (Å²) in [5.74, 6) is 0.446. The highest BCUT2D eigenvalue weighted by Crippen LogP contribution is 2.16. The van der Waals surface area contributed by atoms with Gasteiger partial charge in [0.2, 0.25) is 5.95 Å². The van der Waals surface area contributed by atoms with Gasteiger partial charge in [0.25, 0.3) is 5.69 Å². The van der Waals surface area contributed by atoms with Crippen LogP contribution in [0.4, 0.5) is 22.1 Å². The normalized spacial score (nSPS) is 10.2. The Kier molecular flexibility index (Phi) is 5.52. The molecule has 0 saturated heterocycles. The number of anilines is 2. The quantitative estimate of drug-likeness (QED) is 0.328. The van der Waals surface area contributed by atoms with Crippen LogP contribution < -0.4 is 16.0 Å². The molecule has 0 fully saturated rings. The number of urea groups is 1. The summed E-state index contributed by atoms with van der Waals surface area (Å²) in [6.45, 7) is 0.679. The maximum absolute atomic E-state index is 11.9. The van der Waals surface area contributed by atoms with Crippen molar-refractivity contribution in [2.75, 3.05) is 23.7 Å². The van der Waals surface area contributed by atoms with Crippen LogP contribution in [0.15, 0.2) is 54.6 Å². The van der Waals surface area contributed by atoms with E-state index in [1.54, 1.807) is 10.7 Å². The van der Waals surface area contributed by atoms with E-state index in [9.17, 15) is 14.9 Å². The molecule has 0 radical (unpaired) electrons. The fraction of sp³-hybridized carbons (Fsp3) is 0.125. The fourth-order valence-electron chi connectivity index (χ4n) is 2.26. The van der Waals surface area contributed by atoms with E-state index in [-0.39, 0.29) is 5.69 Å². The SMILES string of the molecule is O=C(NCCNc1nnnn1-c1ccccc1)Nc1cccc([N+](=O)[O-])c1.